The molecule has 2 amide bonds. The number of nitrogens with zero attached hydrogens (tertiary/aromatic N) is 1. The second kappa shape index (κ2) is 10.5. The summed E-state index contributed by atoms with van der Waals surface area (Å²) in [7, 11) is 0. The van der Waals surface area contributed by atoms with Gasteiger partial charge in [0.05, 0.1) is 0 Å². The molecule has 1 saturated heterocycles. The fraction of sp³-hybridized carbons (Fsp3) is 0.600. The Morgan fingerprint density at radius 3 is 2.38 bits per heavy atom. The lowest BCUT2D eigenvalue weighted by atomic mass is 9.92. The van der Waals surface area contributed by atoms with Gasteiger partial charge in [-0.1, -0.05) is 25.4 Å². The molecule has 1 heterocycles. The number of nitrogens with one attached hydrogen (secondary N) is 2. The Morgan fingerprint density at radius 2 is 1.73 bits per heavy atom. The fourth-order valence-electron chi connectivity index (χ4n) is 3.57. The van der Waals surface area contributed by atoms with Crippen molar-refractivity contribution in [2.24, 2.45) is 11.8 Å². The van der Waals surface area contributed by atoms with E-state index in [4.69, 9.17) is 11.6 Å². The number of benzene rings is 1. The first kappa shape index (κ1) is 20.7. The minimum absolute atomic E-state index is 0.0452. The maximum Gasteiger partial charge on any atom is 0.251 e. The van der Waals surface area contributed by atoms with Gasteiger partial charge in [-0.05, 0) is 48.9 Å². The summed E-state index contributed by atoms with van der Waals surface area (Å²) in [5.74, 6) is 1.37. The summed E-state index contributed by atoms with van der Waals surface area (Å²) in [6.45, 7) is 8.91. The normalized spacial score (nSPS) is 20.6. The van der Waals surface area contributed by atoms with Crippen molar-refractivity contribution in [3.05, 3.63) is 34.9 Å². The third kappa shape index (κ3) is 7.34. The van der Waals surface area contributed by atoms with Crippen LogP contribution < -0.4 is 10.6 Å². The van der Waals surface area contributed by atoms with Crippen LogP contribution >= 0.6 is 11.6 Å². The van der Waals surface area contributed by atoms with Crippen LogP contribution in [0, 0.1) is 11.8 Å². The van der Waals surface area contributed by atoms with Crippen LogP contribution in [0.25, 0.3) is 0 Å². The van der Waals surface area contributed by atoms with Gasteiger partial charge >= 0.3 is 0 Å². The molecule has 1 fully saturated rings. The third-order valence-corrected chi connectivity index (χ3v) is 4.92. The summed E-state index contributed by atoms with van der Waals surface area (Å²) in [5, 5.41) is 6.40. The summed E-state index contributed by atoms with van der Waals surface area (Å²) < 4.78 is 0. The molecule has 0 aromatic heterocycles. The average Bonchev–Trinajstić information content (AvgIpc) is 2.58. The first-order valence-corrected chi connectivity index (χ1v) is 9.84. The second-order valence-electron chi connectivity index (χ2n) is 7.42. The highest BCUT2D eigenvalue weighted by molar-refractivity contribution is 6.30. The highest BCUT2D eigenvalue weighted by atomic mass is 35.5. The summed E-state index contributed by atoms with van der Waals surface area (Å²) in [4.78, 5) is 26.3. The highest BCUT2D eigenvalue weighted by Gasteiger charge is 2.21. The smallest absolute Gasteiger partial charge is 0.251 e. The molecular formula is C20H30ClN3O2. The van der Waals surface area contributed by atoms with Crippen molar-refractivity contribution in [2.75, 3.05) is 32.7 Å². The Hall–Kier alpha value is -1.59. The predicted molar refractivity (Wildman–Crippen MR) is 105 cm³/mol. The van der Waals surface area contributed by atoms with Gasteiger partial charge in [-0.15, -0.1) is 0 Å². The van der Waals surface area contributed by atoms with Gasteiger partial charge in [-0.25, -0.2) is 0 Å². The largest absolute Gasteiger partial charge is 0.355 e. The van der Waals surface area contributed by atoms with Crippen molar-refractivity contribution in [1.29, 1.82) is 0 Å². The SMILES string of the molecule is C[C@H]1C[C@H](C)CN(CCNC(=O)CCCNC(=O)c2ccc(Cl)cc2)C1. The average molecular weight is 380 g/mol. The molecule has 2 atom stereocenters. The predicted octanol–water partition coefficient (Wildman–Crippen LogP) is 2.94. The van der Waals surface area contributed by atoms with Crippen molar-refractivity contribution in [1.82, 2.24) is 15.5 Å². The van der Waals surface area contributed by atoms with Crippen LogP contribution in [0.15, 0.2) is 24.3 Å². The number of carbonyl (C=O) groups is 2. The molecule has 1 aliphatic heterocycles. The first-order valence-electron chi connectivity index (χ1n) is 9.47. The lowest BCUT2D eigenvalue weighted by Gasteiger charge is -2.34. The van der Waals surface area contributed by atoms with Crippen molar-refractivity contribution < 1.29 is 9.59 Å². The van der Waals surface area contributed by atoms with E-state index in [9.17, 15) is 9.59 Å². The molecule has 1 aliphatic rings. The van der Waals surface area contributed by atoms with E-state index in [1.54, 1.807) is 24.3 Å². The van der Waals surface area contributed by atoms with Crippen LogP contribution in [0.5, 0.6) is 0 Å². The summed E-state index contributed by atoms with van der Waals surface area (Å²) in [6, 6.07) is 6.75. The van der Waals surface area contributed by atoms with Crippen LogP contribution in [-0.2, 0) is 4.79 Å². The quantitative estimate of drug-likeness (QED) is 0.682. The zero-order chi connectivity index (χ0) is 18.9. The molecule has 0 spiro atoms. The molecular weight excluding hydrogens is 350 g/mol. The van der Waals surface area contributed by atoms with E-state index in [0.29, 0.717) is 36.5 Å². The number of piperidine rings is 1. The Bertz CT molecular complexity index is 581. The summed E-state index contributed by atoms with van der Waals surface area (Å²) in [6.07, 6.45) is 2.35. The lowest BCUT2D eigenvalue weighted by molar-refractivity contribution is -0.121. The number of hydrogen-bond donors (Lipinski definition) is 2. The maximum absolute atomic E-state index is 11.9. The van der Waals surface area contributed by atoms with Crippen LogP contribution in [0.4, 0.5) is 0 Å². The van der Waals surface area contributed by atoms with E-state index < -0.39 is 0 Å². The number of hydrogen-bond acceptors (Lipinski definition) is 3. The molecule has 0 unspecified atom stereocenters. The van der Waals surface area contributed by atoms with Crippen molar-refractivity contribution >= 4 is 23.4 Å². The Kier molecular flexibility index (Phi) is 8.39. The van der Waals surface area contributed by atoms with Gasteiger partial charge < -0.3 is 15.5 Å². The molecule has 6 heteroatoms. The highest BCUT2D eigenvalue weighted by Crippen LogP contribution is 2.20. The zero-order valence-corrected chi connectivity index (χ0v) is 16.5. The number of halogens is 1. The Morgan fingerprint density at radius 1 is 1.08 bits per heavy atom. The van der Waals surface area contributed by atoms with E-state index >= 15 is 0 Å². The number of carbonyl (C=O) groups excluding carboxylic acids is 2. The van der Waals surface area contributed by atoms with E-state index in [1.807, 2.05) is 0 Å². The zero-order valence-electron chi connectivity index (χ0n) is 15.8. The fourth-order valence-corrected chi connectivity index (χ4v) is 3.70. The van der Waals surface area contributed by atoms with Crippen LogP contribution in [0.2, 0.25) is 5.02 Å². The van der Waals surface area contributed by atoms with Crippen LogP contribution in [0.1, 0.15) is 43.5 Å². The molecule has 144 valence electrons. The lowest BCUT2D eigenvalue weighted by Crippen LogP contribution is -2.42. The monoisotopic (exact) mass is 379 g/mol. The Labute approximate surface area is 161 Å². The number of likely N-dealkylation sites (tertiary alicyclic amines) is 1. The molecule has 1 aromatic rings. The topological polar surface area (TPSA) is 61.4 Å². The molecule has 2 N–H and O–H groups in total. The van der Waals surface area contributed by atoms with E-state index in [-0.39, 0.29) is 11.8 Å². The Balaban J connectivity index is 1.55. The molecule has 0 saturated carbocycles. The molecule has 2 rings (SSSR count). The molecule has 1 aromatic carbocycles. The molecule has 0 bridgehead atoms. The molecule has 5 nitrogen and oxygen atoms in total. The summed E-state index contributed by atoms with van der Waals surface area (Å²) >= 11 is 5.80. The van der Waals surface area contributed by atoms with Gasteiger partial charge in [0.25, 0.3) is 5.91 Å². The van der Waals surface area contributed by atoms with Crippen molar-refractivity contribution in [3.8, 4) is 0 Å². The van der Waals surface area contributed by atoms with Gasteiger partial charge in [0.2, 0.25) is 5.91 Å². The summed E-state index contributed by atoms with van der Waals surface area (Å²) in [5.41, 5.74) is 0.573. The molecule has 0 radical (unpaired) electrons. The minimum atomic E-state index is -0.143. The maximum atomic E-state index is 11.9. The first-order chi connectivity index (χ1) is 12.4. The molecule has 0 aliphatic carbocycles. The third-order valence-electron chi connectivity index (χ3n) is 4.67. The van der Waals surface area contributed by atoms with Gasteiger partial charge in [0.15, 0.2) is 0 Å². The number of amides is 2. The van der Waals surface area contributed by atoms with E-state index in [0.717, 1.165) is 31.5 Å². The van der Waals surface area contributed by atoms with E-state index in [2.05, 4.69) is 29.4 Å². The molecule has 26 heavy (non-hydrogen) atoms. The standard InChI is InChI=1S/C20H30ClN3O2/c1-15-12-16(2)14-24(13-15)11-10-22-19(25)4-3-9-23-20(26)17-5-7-18(21)8-6-17/h5-8,15-16H,3-4,9-14H2,1-2H3,(H,22,25)(H,23,26)/t15-,16-/m0/s1. The van der Waals surface area contributed by atoms with Gasteiger partial charge in [-0.3, -0.25) is 9.59 Å². The van der Waals surface area contributed by atoms with E-state index in [1.165, 1.54) is 6.42 Å². The second-order valence-corrected chi connectivity index (χ2v) is 7.86. The van der Waals surface area contributed by atoms with Gasteiger partial charge in [-0.2, -0.15) is 0 Å². The number of rotatable bonds is 8. The van der Waals surface area contributed by atoms with Crippen LogP contribution in [0.3, 0.4) is 0 Å². The van der Waals surface area contributed by atoms with Crippen molar-refractivity contribution in [3.63, 3.8) is 0 Å². The van der Waals surface area contributed by atoms with Gasteiger partial charge in [0.1, 0.15) is 0 Å². The minimum Gasteiger partial charge on any atom is -0.355 e. The van der Waals surface area contributed by atoms with Crippen molar-refractivity contribution in [2.45, 2.75) is 33.1 Å². The van der Waals surface area contributed by atoms with Crippen LogP contribution in [-0.4, -0.2) is 49.4 Å². The van der Waals surface area contributed by atoms with Gasteiger partial charge in [0, 0.05) is 49.7 Å².